The summed E-state index contributed by atoms with van der Waals surface area (Å²) in [5.74, 6) is 1.02. The van der Waals surface area contributed by atoms with Crippen LogP contribution >= 0.6 is 0 Å². The van der Waals surface area contributed by atoms with Gasteiger partial charge in [-0.25, -0.2) is 0 Å². The molecular weight excluding hydrogens is 268 g/mol. The molecule has 1 fully saturated rings. The van der Waals surface area contributed by atoms with Gasteiger partial charge in [-0.05, 0) is 30.9 Å². The summed E-state index contributed by atoms with van der Waals surface area (Å²) in [4.78, 5) is 23.3. The van der Waals surface area contributed by atoms with Crippen LogP contribution in [0.5, 0.6) is 5.75 Å². The number of hydrogen-bond acceptors (Lipinski definition) is 3. The lowest BCUT2D eigenvalue weighted by Gasteiger charge is -2.21. The van der Waals surface area contributed by atoms with Crippen molar-refractivity contribution in [2.75, 3.05) is 17.2 Å². The van der Waals surface area contributed by atoms with Crippen molar-refractivity contribution in [3.8, 4) is 5.75 Å². The molecule has 0 saturated heterocycles. The molecule has 1 saturated carbocycles. The van der Waals surface area contributed by atoms with Crippen molar-refractivity contribution in [2.24, 2.45) is 5.92 Å². The molecule has 5 nitrogen and oxygen atoms in total. The number of benzene rings is 1. The Morgan fingerprint density at radius 3 is 2.90 bits per heavy atom. The Balaban J connectivity index is 1.59. The van der Waals surface area contributed by atoms with E-state index in [1.165, 1.54) is 19.3 Å². The number of hydrogen-bond donors (Lipinski definition) is 2. The second-order valence-corrected chi connectivity index (χ2v) is 5.80. The molecule has 1 aromatic carbocycles. The number of rotatable bonds is 3. The first kappa shape index (κ1) is 13.9. The number of carbonyl (C=O) groups is 2. The first-order valence-corrected chi connectivity index (χ1v) is 7.57. The maximum atomic E-state index is 12.1. The van der Waals surface area contributed by atoms with Crippen molar-refractivity contribution >= 4 is 23.2 Å². The Kier molecular flexibility index (Phi) is 4.08. The maximum absolute atomic E-state index is 12.1. The molecule has 0 spiro atoms. The zero-order chi connectivity index (χ0) is 14.7. The predicted molar refractivity (Wildman–Crippen MR) is 80.4 cm³/mol. The van der Waals surface area contributed by atoms with Crippen molar-refractivity contribution in [1.29, 1.82) is 0 Å². The highest BCUT2D eigenvalue weighted by Gasteiger charge is 2.19. The Bertz CT molecular complexity index is 550. The highest BCUT2D eigenvalue weighted by atomic mass is 16.5. The largest absolute Gasteiger partial charge is 0.482 e. The fourth-order valence-electron chi connectivity index (χ4n) is 3.02. The van der Waals surface area contributed by atoms with Gasteiger partial charge in [-0.2, -0.15) is 0 Å². The molecule has 21 heavy (non-hydrogen) atoms. The minimum absolute atomic E-state index is 0.0203. The van der Waals surface area contributed by atoms with Crippen LogP contribution in [0.1, 0.15) is 38.5 Å². The highest BCUT2D eigenvalue weighted by Crippen LogP contribution is 2.31. The van der Waals surface area contributed by atoms with Crippen LogP contribution < -0.4 is 15.4 Å². The average Bonchev–Trinajstić information content (AvgIpc) is 2.48. The van der Waals surface area contributed by atoms with Crippen molar-refractivity contribution in [1.82, 2.24) is 0 Å². The summed E-state index contributed by atoms with van der Waals surface area (Å²) in [6, 6.07) is 5.29. The van der Waals surface area contributed by atoms with Gasteiger partial charge in [0, 0.05) is 18.2 Å². The zero-order valence-corrected chi connectivity index (χ0v) is 12.0. The average molecular weight is 288 g/mol. The maximum Gasteiger partial charge on any atom is 0.262 e. The summed E-state index contributed by atoms with van der Waals surface area (Å²) in [5.41, 5.74) is 1.36. The lowest BCUT2D eigenvalue weighted by molar-refractivity contribution is -0.119. The van der Waals surface area contributed by atoms with Gasteiger partial charge in [-0.1, -0.05) is 19.3 Å². The van der Waals surface area contributed by atoms with Crippen LogP contribution in [0.15, 0.2) is 18.2 Å². The summed E-state index contributed by atoms with van der Waals surface area (Å²) in [6.07, 6.45) is 6.69. The third-order valence-corrected chi connectivity index (χ3v) is 4.10. The number of anilines is 2. The Hall–Kier alpha value is -2.04. The quantitative estimate of drug-likeness (QED) is 0.898. The van der Waals surface area contributed by atoms with Gasteiger partial charge in [0.05, 0.1) is 5.69 Å². The van der Waals surface area contributed by atoms with Crippen LogP contribution in [0, 0.1) is 5.92 Å². The van der Waals surface area contributed by atoms with E-state index >= 15 is 0 Å². The fraction of sp³-hybridized carbons (Fsp3) is 0.500. The van der Waals surface area contributed by atoms with Gasteiger partial charge in [0.25, 0.3) is 5.91 Å². The third kappa shape index (κ3) is 3.54. The normalized spacial score (nSPS) is 18.4. The van der Waals surface area contributed by atoms with E-state index in [9.17, 15) is 9.59 Å². The number of ether oxygens (including phenoxy) is 1. The Morgan fingerprint density at radius 1 is 1.29 bits per heavy atom. The van der Waals surface area contributed by atoms with Gasteiger partial charge >= 0.3 is 0 Å². The predicted octanol–water partition coefficient (Wildman–Crippen LogP) is 2.93. The molecule has 0 unspecified atom stereocenters. The van der Waals surface area contributed by atoms with E-state index in [1.54, 1.807) is 18.2 Å². The van der Waals surface area contributed by atoms with Gasteiger partial charge in [0.1, 0.15) is 5.75 Å². The summed E-state index contributed by atoms with van der Waals surface area (Å²) < 4.78 is 5.34. The lowest BCUT2D eigenvalue weighted by Crippen LogP contribution is -2.25. The first-order valence-electron chi connectivity index (χ1n) is 7.57. The zero-order valence-electron chi connectivity index (χ0n) is 12.0. The molecule has 0 atom stereocenters. The number of carbonyl (C=O) groups excluding carboxylic acids is 2. The third-order valence-electron chi connectivity index (χ3n) is 4.10. The van der Waals surface area contributed by atoms with Crippen LogP contribution in [0.4, 0.5) is 11.4 Å². The van der Waals surface area contributed by atoms with Gasteiger partial charge in [0.2, 0.25) is 5.91 Å². The summed E-state index contributed by atoms with van der Waals surface area (Å²) in [7, 11) is 0. The van der Waals surface area contributed by atoms with E-state index in [4.69, 9.17) is 4.74 Å². The highest BCUT2D eigenvalue weighted by molar-refractivity contribution is 5.97. The van der Waals surface area contributed by atoms with Crippen LogP contribution in [0.25, 0.3) is 0 Å². The number of fused-ring (bicyclic) bond motifs is 1. The number of amides is 2. The molecule has 2 amide bonds. The Morgan fingerprint density at radius 2 is 2.10 bits per heavy atom. The SMILES string of the molecule is O=C(CC1CCCCC1)Nc1ccc2c(c1)OCC(=O)N2. The second kappa shape index (κ2) is 6.16. The van der Waals surface area contributed by atoms with Gasteiger partial charge in [-0.3, -0.25) is 9.59 Å². The van der Waals surface area contributed by atoms with Crippen molar-refractivity contribution < 1.29 is 14.3 Å². The minimum Gasteiger partial charge on any atom is -0.482 e. The van der Waals surface area contributed by atoms with E-state index in [-0.39, 0.29) is 18.4 Å². The van der Waals surface area contributed by atoms with E-state index in [0.717, 1.165) is 12.8 Å². The van der Waals surface area contributed by atoms with E-state index < -0.39 is 0 Å². The van der Waals surface area contributed by atoms with Crippen molar-refractivity contribution in [2.45, 2.75) is 38.5 Å². The van der Waals surface area contributed by atoms with E-state index in [0.29, 0.717) is 29.5 Å². The smallest absolute Gasteiger partial charge is 0.262 e. The Labute approximate surface area is 124 Å². The van der Waals surface area contributed by atoms with Crippen molar-refractivity contribution in [3.05, 3.63) is 18.2 Å². The molecule has 0 radical (unpaired) electrons. The fourth-order valence-corrected chi connectivity index (χ4v) is 3.02. The van der Waals surface area contributed by atoms with Gasteiger partial charge < -0.3 is 15.4 Å². The monoisotopic (exact) mass is 288 g/mol. The van der Waals surface area contributed by atoms with Gasteiger partial charge in [0.15, 0.2) is 6.61 Å². The topological polar surface area (TPSA) is 67.4 Å². The van der Waals surface area contributed by atoms with Gasteiger partial charge in [-0.15, -0.1) is 0 Å². The standard InChI is InChI=1S/C16H20N2O3/c19-15(8-11-4-2-1-3-5-11)17-12-6-7-13-14(9-12)21-10-16(20)18-13/h6-7,9,11H,1-5,8,10H2,(H,17,19)(H,18,20). The molecule has 112 valence electrons. The molecule has 0 bridgehead atoms. The second-order valence-electron chi connectivity index (χ2n) is 5.80. The summed E-state index contributed by atoms with van der Waals surface area (Å²) >= 11 is 0. The molecule has 2 N–H and O–H groups in total. The van der Waals surface area contributed by atoms with E-state index in [1.807, 2.05) is 0 Å². The minimum atomic E-state index is -0.156. The number of nitrogens with one attached hydrogen (secondary N) is 2. The van der Waals surface area contributed by atoms with Crippen LogP contribution in [0.3, 0.4) is 0 Å². The lowest BCUT2D eigenvalue weighted by atomic mass is 9.87. The molecule has 2 aliphatic rings. The molecular formula is C16H20N2O3. The van der Waals surface area contributed by atoms with Crippen LogP contribution in [-0.2, 0) is 9.59 Å². The molecule has 1 aromatic rings. The van der Waals surface area contributed by atoms with Crippen LogP contribution in [-0.4, -0.2) is 18.4 Å². The first-order chi connectivity index (χ1) is 10.2. The van der Waals surface area contributed by atoms with Crippen LogP contribution in [0.2, 0.25) is 0 Å². The molecule has 1 heterocycles. The molecule has 0 aromatic heterocycles. The molecule has 5 heteroatoms. The molecule has 3 rings (SSSR count). The summed E-state index contributed by atoms with van der Waals surface area (Å²) in [5, 5.41) is 5.65. The van der Waals surface area contributed by atoms with E-state index in [2.05, 4.69) is 10.6 Å². The molecule has 1 aliphatic carbocycles. The van der Waals surface area contributed by atoms with Crippen molar-refractivity contribution in [3.63, 3.8) is 0 Å². The molecule has 1 aliphatic heterocycles. The summed E-state index contributed by atoms with van der Waals surface area (Å²) in [6.45, 7) is 0.0203.